The Morgan fingerprint density at radius 1 is 1.00 bits per heavy atom. The maximum absolute atomic E-state index is 13.3. The molecule has 0 unspecified atom stereocenters. The summed E-state index contributed by atoms with van der Waals surface area (Å²) >= 11 is 0. The minimum atomic E-state index is -3.65. The van der Waals surface area contributed by atoms with Gasteiger partial charge in [-0.05, 0) is 35.4 Å². The van der Waals surface area contributed by atoms with Gasteiger partial charge in [-0.2, -0.15) is 12.7 Å². The second kappa shape index (κ2) is 7.57. The Morgan fingerprint density at radius 3 is 2.19 bits per heavy atom. The normalized spacial score (nSPS) is 15.5. The van der Waals surface area contributed by atoms with Gasteiger partial charge < -0.3 is 5.43 Å². The molecule has 1 aliphatic heterocycles. The Hall–Kier alpha value is -2.22. The van der Waals surface area contributed by atoms with E-state index in [2.05, 4.69) is 5.43 Å². The van der Waals surface area contributed by atoms with Crippen molar-refractivity contribution in [3.05, 3.63) is 71.5 Å². The zero-order chi connectivity index (χ0) is 18.7. The van der Waals surface area contributed by atoms with Crippen molar-refractivity contribution in [3.8, 4) is 0 Å². The quantitative estimate of drug-likeness (QED) is 0.844. The SMILES string of the molecule is CCN(CC)S(=O)(=O)N1CC(c2ccccc2)=C(c2ccc(F)cc2)N1. The first-order valence-electron chi connectivity index (χ1n) is 8.56. The standard InChI is InChI=1S/C19H22FN3O2S/c1-3-22(4-2)26(24,25)23-14-18(15-8-6-5-7-9-15)19(21-23)16-10-12-17(20)13-11-16/h5-13,21H,3-4,14H2,1-2H3. The van der Waals surface area contributed by atoms with Crippen LogP contribution in [0.4, 0.5) is 4.39 Å². The van der Waals surface area contributed by atoms with E-state index in [1.54, 1.807) is 12.1 Å². The van der Waals surface area contributed by atoms with Crippen LogP contribution in [0.15, 0.2) is 54.6 Å². The average Bonchev–Trinajstić information content (AvgIpc) is 3.10. The lowest BCUT2D eigenvalue weighted by Gasteiger charge is -2.25. The van der Waals surface area contributed by atoms with E-state index in [0.717, 1.165) is 16.7 Å². The van der Waals surface area contributed by atoms with E-state index < -0.39 is 10.2 Å². The Balaban J connectivity index is 2.03. The molecule has 0 aliphatic carbocycles. The number of hydrogen-bond acceptors (Lipinski definition) is 3. The van der Waals surface area contributed by atoms with Gasteiger partial charge in [-0.1, -0.05) is 48.6 Å². The maximum atomic E-state index is 13.3. The molecule has 0 fully saturated rings. The van der Waals surface area contributed by atoms with E-state index in [0.29, 0.717) is 18.8 Å². The Bertz CT molecular complexity index is 892. The minimum Gasteiger partial charge on any atom is -0.303 e. The Morgan fingerprint density at radius 2 is 1.62 bits per heavy atom. The molecule has 2 aromatic carbocycles. The van der Waals surface area contributed by atoms with Crippen molar-refractivity contribution >= 4 is 21.5 Å². The highest BCUT2D eigenvalue weighted by Crippen LogP contribution is 2.32. The van der Waals surface area contributed by atoms with E-state index >= 15 is 0 Å². The highest BCUT2D eigenvalue weighted by Gasteiger charge is 2.35. The summed E-state index contributed by atoms with van der Waals surface area (Å²) in [5.74, 6) is -0.332. The molecule has 1 N–H and O–H groups in total. The third kappa shape index (κ3) is 3.51. The van der Waals surface area contributed by atoms with Crippen LogP contribution < -0.4 is 5.43 Å². The van der Waals surface area contributed by atoms with Gasteiger partial charge >= 0.3 is 0 Å². The van der Waals surface area contributed by atoms with Gasteiger partial charge in [0.2, 0.25) is 0 Å². The molecule has 26 heavy (non-hydrogen) atoms. The second-order valence-corrected chi connectivity index (χ2v) is 7.79. The molecule has 0 atom stereocenters. The van der Waals surface area contributed by atoms with E-state index in [4.69, 9.17) is 0 Å². The molecule has 1 aliphatic rings. The summed E-state index contributed by atoms with van der Waals surface area (Å²) in [6.07, 6.45) is 0. The van der Waals surface area contributed by atoms with Crippen molar-refractivity contribution in [1.82, 2.24) is 14.1 Å². The molecule has 3 rings (SSSR count). The molecule has 0 saturated carbocycles. The number of halogens is 1. The Kier molecular flexibility index (Phi) is 5.41. The summed E-state index contributed by atoms with van der Waals surface area (Å²) in [7, 11) is -3.65. The lowest BCUT2D eigenvalue weighted by atomic mass is 10.0. The van der Waals surface area contributed by atoms with Gasteiger partial charge in [-0.3, -0.25) is 0 Å². The second-order valence-electron chi connectivity index (χ2n) is 5.94. The van der Waals surface area contributed by atoms with Crippen LogP contribution in [0, 0.1) is 5.82 Å². The first kappa shape index (κ1) is 18.6. The van der Waals surface area contributed by atoms with Crippen molar-refractivity contribution in [2.75, 3.05) is 19.6 Å². The van der Waals surface area contributed by atoms with Crippen molar-refractivity contribution in [2.24, 2.45) is 0 Å². The van der Waals surface area contributed by atoms with E-state index in [-0.39, 0.29) is 12.4 Å². The highest BCUT2D eigenvalue weighted by molar-refractivity contribution is 7.86. The van der Waals surface area contributed by atoms with E-state index in [9.17, 15) is 12.8 Å². The van der Waals surface area contributed by atoms with Crippen molar-refractivity contribution in [3.63, 3.8) is 0 Å². The third-order valence-corrected chi connectivity index (χ3v) is 6.35. The van der Waals surface area contributed by atoms with Gasteiger partial charge in [0.15, 0.2) is 0 Å². The topological polar surface area (TPSA) is 52.7 Å². The fourth-order valence-electron chi connectivity index (χ4n) is 3.01. The summed E-state index contributed by atoms with van der Waals surface area (Å²) in [5.41, 5.74) is 6.22. The van der Waals surface area contributed by atoms with Gasteiger partial charge in [0.05, 0.1) is 12.2 Å². The molecule has 2 aromatic rings. The molecular formula is C19H22FN3O2S. The number of hydrogen-bond donors (Lipinski definition) is 1. The van der Waals surface area contributed by atoms with Crippen LogP contribution in [0.25, 0.3) is 11.3 Å². The summed E-state index contributed by atoms with van der Waals surface area (Å²) in [4.78, 5) is 0. The lowest BCUT2D eigenvalue weighted by molar-refractivity contribution is 0.350. The molecule has 5 nitrogen and oxygen atoms in total. The van der Waals surface area contributed by atoms with Gasteiger partial charge in [-0.15, -0.1) is 0 Å². The number of benzene rings is 2. The smallest absolute Gasteiger partial charge is 0.299 e. The van der Waals surface area contributed by atoms with Crippen LogP contribution in [0.2, 0.25) is 0 Å². The highest BCUT2D eigenvalue weighted by atomic mass is 32.2. The van der Waals surface area contributed by atoms with Crippen molar-refractivity contribution < 1.29 is 12.8 Å². The zero-order valence-electron chi connectivity index (χ0n) is 14.8. The summed E-state index contributed by atoms with van der Waals surface area (Å²) in [6.45, 7) is 4.61. The molecular weight excluding hydrogens is 353 g/mol. The van der Waals surface area contributed by atoms with Crippen LogP contribution in [0.1, 0.15) is 25.0 Å². The monoisotopic (exact) mass is 375 g/mol. The fraction of sp³-hybridized carbons (Fsp3) is 0.263. The Labute approximate surface area is 153 Å². The van der Waals surface area contributed by atoms with E-state index in [1.165, 1.54) is 20.9 Å². The molecule has 0 amide bonds. The van der Waals surface area contributed by atoms with Crippen LogP contribution in [0.3, 0.4) is 0 Å². The van der Waals surface area contributed by atoms with Crippen LogP contribution in [0.5, 0.6) is 0 Å². The molecule has 138 valence electrons. The summed E-state index contributed by atoms with van der Waals surface area (Å²) < 4.78 is 41.8. The first-order valence-corrected chi connectivity index (χ1v) is 9.96. The van der Waals surface area contributed by atoms with Crippen LogP contribution in [-0.2, 0) is 10.2 Å². The number of nitrogens with one attached hydrogen (secondary N) is 1. The summed E-state index contributed by atoms with van der Waals surface area (Å²) in [5, 5.41) is 0. The molecule has 0 bridgehead atoms. The molecule has 0 saturated heterocycles. The zero-order valence-corrected chi connectivity index (χ0v) is 15.6. The number of rotatable bonds is 6. The van der Waals surface area contributed by atoms with Gasteiger partial charge in [0.25, 0.3) is 10.2 Å². The van der Waals surface area contributed by atoms with E-state index in [1.807, 2.05) is 44.2 Å². The molecule has 0 radical (unpaired) electrons. The predicted molar refractivity (Wildman–Crippen MR) is 101 cm³/mol. The number of nitrogens with zero attached hydrogens (tertiary/aromatic N) is 2. The summed E-state index contributed by atoms with van der Waals surface area (Å²) in [6, 6.07) is 15.6. The molecule has 0 aromatic heterocycles. The van der Waals surface area contributed by atoms with Gasteiger partial charge in [0, 0.05) is 18.7 Å². The largest absolute Gasteiger partial charge is 0.303 e. The molecule has 1 heterocycles. The number of hydrazine groups is 1. The molecule has 7 heteroatoms. The fourth-order valence-corrected chi connectivity index (χ4v) is 4.44. The average molecular weight is 375 g/mol. The van der Waals surface area contributed by atoms with Crippen molar-refractivity contribution in [1.29, 1.82) is 0 Å². The predicted octanol–water partition coefficient (Wildman–Crippen LogP) is 3.10. The first-order chi connectivity index (χ1) is 12.5. The van der Waals surface area contributed by atoms with Crippen molar-refractivity contribution in [2.45, 2.75) is 13.8 Å². The van der Waals surface area contributed by atoms with Crippen LogP contribution in [-0.4, -0.2) is 36.8 Å². The maximum Gasteiger partial charge on any atom is 0.299 e. The van der Waals surface area contributed by atoms with Gasteiger partial charge in [0.1, 0.15) is 5.82 Å². The third-order valence-electron chi connectivity index (χ3n) is 4.41. The van der Waals surface area contributed by atoms with Crippen LogP contribution >= 0.6 is 0 Å². The minimum absolute atomic E-state index is 0.204. The lowest BCUT2D eigenvalue weighted by Crippen LogP contribution is -2.47. The molecule has 0 spiro atoms. The van der Waals surface area contributed by atoms with Gasteiger partial charge in [-0.25, -0.2) is 4.39 Å².